The van der Waals surface area contributed by atoms with Crippen molar-refractivity contribution in [2.45, 2.75) is 23.1 Å². The van der Waals surface area contributed by atoms with Crippen LogP contribution in [0.4, 0.5) is 5.13 Å². The summed E-state index contributed by atoms with van der Waals surface area (Å²) in [6.07, 6.45) is 4.00. The van der Waals surface area contributed by atoms with Crippen molar-refractivity contribution in [1.82, 2.24) is 20.1 Å². The van der Waals surface area contributed by atoms with Crippen molar-refractivity contribution in [2.24, 2.45) is 5.16 Å². The predicted octanol–water partition coefficient (Wildman–Crippen LogP) is 8.47. The first-order chi connectivity index (χ1) is 30.8. The minimum atomic E-state index is -0.990. The highest BCUT2D eigenvalue weighted by Crippen LogP contribution is 2.43. The van der Waals surface area contributed by atoms with Crippen LogP contribution in [0, 0.1) is 0 Å². The van der Waals surface area contributed by atoms with Crippen molar-refractivity contribution in [1.29, 1.82) is 0 Å². The van der Waals surface area contributed by atoms with Crippen molar-refractivity contribution in [3.8, 4) is 0 Å². The molecular weight excluding hydrogens is 829 g/mol. The van der Waals surface area contributed by atoms with Crippen LogP contribution in [0.15, 0.2) is 199 Å². The molecule has 2 aliphatic heterocycles. The van der Waals surface area contributed by atoms with Gasteiger partial charge in [-0.05, 0) is 45.7 Å². The number of thioether (sulfide) groups is 1. The number of nitrogens with zero attached hydrogens (tertiary/aromatic N) is 4. The van der Waals surface area contributed by atoms with E-state index < -0.39 is 40.8 Å². The molecule has 0 bridgehead atoms. The van der Waals surface area contributed by atoms with Gasteiger partial charge in [-0.3, -0.25) is 14.5 Å². The number of carbonyl (C=O) groups excluding carboxylic acids is 3. The molecule has 0 spiro atoms. The zero-order valence-electron chi connectivity index (χ0n) is 34.5. The van der Waals surface area contributed by atoms with Gasteiger partial charge in [-0.25, -0.2) is 9.78 Å². The number of thiazole rings is 1. The van der Waals surface area contributed by atoms with E-state index in [1.807, 2.05) is 147 Å². The molecule has 316 valence electrons. The van der Waals surface area contributed by atoms with E-state index >= 15 is 0 Å². The second-order valence-electron chi connectivity index (χ2n) is 14.8. The number of β-lactam (4-membered cyclic amide) rings is 1. The highest BCUT2D eigenvalue weighted by atomic mass is 32.2. The molecule has 2 aliphatic rings. The zero-order valence-corrected chi connectivity index (χ0v) is 36.2. The summed E-state index contributed by atoms with van der Waals surface area (Å²) < 4.78 is 6.29. The van der Waals surface area contributed by atoms with E-state index in [1.165, 1.54) is 28.0 Å². The molecule has 2 N–H and O–H groups in total. The summed E-state index contributed by atoms with van der Waals surface area (Å²) in [6, 6.07) is 48.2. The van der Waals surface area contributed by atoms with E-state index in [0.29, 0.717) is 16.5 Å². The Hall–Kier alpha value is -7.22. The van der Waals surface area contributed by atoms with Crippen LogP contribution in [0.5, 0.6) is 0 Å². The number of carbonyl (C=O) groups is 3. The number of allylic oxidation sites excluding steroid dienone is 1. The lowest BCUT2D eigenvalue weighted by Gasteiger charge is -2.49. The van der Waals surface area contributed by atoms with Crippen LogP contribution in [0.3, 0.4) is 0 Å². The van der Waals surface area contributed by atoms with Crippen molar-refractivity contribution < 1.29 is 24.0 Å². The molecule has 63 heavy (non-hydrogen) atoms. The van der Waals surface area contributed by atoms with Crippen LogP contribution in [0.2, 0.25) is 0 Å². The normalized spacial score (nSPS) is 16.3. The van der Waals surface area contributed by atoms with E-state index in [4.69, 9.17) is 14.6 Å². The summed E-state index contributed by atoms with van der Waals surface area (Å²) in [7, 11) is 3.75. The molecule has 2 unspecified atom stereocenters. The third-order valence-electron chi connectivity index (χ3n) is 10.6. The van der Waals surface area contributed by atoms with Crippen molar-refractivity contribution in [3.63, 3.8) is 0 Å². The van der Waals surface area contributed by atoms with E-state index in [2.05, 4.69) is 58.8 Å². The number of aromatic nitrogens is 1. The van der Waals surface area contributed by atoms with E-state index in [-0.39, 0.29) is 17.1 Å². The number of hydrogen-bond donors (Lipinski definition) is 2. The molecule has 2 atom stereocenters. The van der Waals surface area contributed by atoms with Gasteiger partial charge in [-0.2, -0.15) is 0 Å². The number of esters is 1. The number of benzene rings is 5. The quantitative estimate of drug-likeness (QED) is 0.0246. The zero-order chi connectivity index (χ0) is 43.8. The lowest BCUT2D eigenvalue weighted by Crippen LogP contribution is -2.71. The van der Waals surface area contributed by atoms with Crippen LogP contribution in [-0.2, 0) is 29.5 Å². The third-order valence-corrected chi connectivity index (χ3v) is 12.6. The van der Waals surface area contributed by atoms with E-state index in [0.717, 1.165) is 34.1 Å². The van der Waals surface area contributed by atoms with Crippen LogP contribution in [0.25, 0.3) is 0 Å². The Kier molecular flexibility index (Phi) is 13.0. The van der Waals surface area contributed by atoms with E-state index in [9.17, 15) is 14.4 Å². The van der Waals surface area contributed by atoms with Crippen LogP contribution >= 0.6 is 23.1 Å². The lowest BCUT2D eigenvalue weighted by molar-refractivity contribution is -0.154. The van der Waals surface area contributed by atoms with Crippen LogP contribution in [0.1, 0.15) is 39.6 Å². The lowest BCUT2D eigenvalue weighted by atomic mass is 9.77. The maximum Gasteiger partial charge on any atom is 0.356 e. The minimum absolute atomic E-state index is 0.127. The summed E-state index contributed by atoms with van der Waals surface area (Å²) in [5.74, 6) is -1.43. The molecule has 0 radical (unpaired) electrons. The smallest absolute Gasteiger partial charge is 0.356 e. The summed E-state index contributed by atoms with van der Waals surface area (Å²) in [4.78, 5) is 56.2. The molecule has 13 heteroatoms. The number of oxime groups is 1. The molecule has 0 saturated carbocycles. The fourth-order valence-electron chi connectivity index (χ4n) is 7.63. The average molecular weight is 873 g/mol. The van der Waals surface area contributed by atoms with Gasteiger partial charge in [0.15, 0.2) is 16.9 Å². The Labute approximate surface area is 374 Å². The molecule has 6 aromatic rings. The molecular formula is C50H44N6O5S2. The van der Waals surface area contributed by atoms with Crippen LogP contribution in [-0.4, -0.2) is 69.5 Å². The maximum atomic E-state index is 14.4. The number of nitrogens with one attached hydrogen (secondary N) is 2. The van der Waals surface area contributed by atoms with Gasteiger partial charge < -0.3 is 25.1 Å². The SMILES string of the molecule is C=CO/N=C(/C(=O)NC1C(=O)N2C(C(=O)OC(c3ccccc3)c3ccccc3)=C(/C=C/N(C)C)CSC12)c1csc(NC(c2ccccc2)(c2ccccc2)c2ccccc2)n1. The topological polar surface area (TPSA) is 125 Å². The Morgan fingerprint density at radius 3 is 1.87 bits per heavy atom. The highest BCUT2D eigenvalue weighted by Gasteiger charge is 2.55. The molecule has 1 aromatic heterocycles. The summed E-state index contributed by atoms with van der Waals surface area (Å²) in [5, 5.41) is 12.3. The standard InChI is InChI=1S/C50H44N6O5S2/c1-4-60-54-41(40-33-63-49(51-40)53-50(37-24-14-7-15-25-37,38-26-16-8-17-27-38)39-28-18-9-19-29-39)45(57)52-42-46(58)56-43(36(30-31-55(2)3)32-62-47(42)56)48(59)61-44(34-20-10-5-11-21-34)35-22-12-6-13-23-35/h4-31,33,42,44,47H,1,32H2,2-3H3,(H,51,53)(H,52,57)/b31-30+,54-41+. The van der Waals surface area contributed by atoms with E-state index in [1.54, 1.807) is 5.38 Å². The fourth-order valence-corrected chi connectivity index (χ4v) is 9.70. The summed E-state index contributed by atoms with van der Waals surface area (Å²) >= 11 is 2.73. The number of fused-ring (bicyclic) bond motifs is 1. The van der Waals surface area contributed by atoms with Gasteiger partial charge in [0.1, 0.15) is 34.6 Å². The fraction of sp³-hybridized carbons (Fsp3) is 0.140. The molecule has 11 nitrogen and oxygen atoms in total. The van der Waals surface area contributed by atoms with Gasteiger partial charge in [0.2, 0.25) is 0 Å². The third kappa shape index (κ3) is 8.92. The number of rotatable bonds is 16. The van der Waals surface area contributed by atoms with Crippen molar-refractivity contribution in [3.05, 3.63) is 227 Å². The largest absolute Gasteiger partial charge is 0.448 e. The first-order valence-corrected chi connectivity index (χ1v) is 22.1. The second-order valence-corrected chi connectivity index (χ2v) is 16.8. The average Bonchev–Trinajstić information content (AvgIpc) is 3.79. The molecule has 5 aromatic carbocycles. The second kappa shape index (κ2) is 19.2. The van der Waals surface area contributed by atoms with Crippen LogP contribution < -0.4 is 10.6 Å². The highest BCUT2D eigenvalue weighted by molar-refractivity contribution is 8.00. The molecule has 3 heterocycles. The molecule has 2 amide bonds. The van der Waals surface area contributed by atoms with Crippen molar-refractivity contribution in [2.75, 3.05) is 25.2 Å². The molecule has 1 fully saturated rings. The number of anilines is 1. The summed E-state index contributed by atoms with van der Waals surface area (Å²) in [5.41, 5.74) is 4.44. The molecule has 1 saturated heterocycles. The van der Waals surface area contributed by atoms with Crippen molar-refractivity contribution >= 4 is 51.7 Å². The monoisotopic (exact) mass is 872 g/mol. The van der Waals surface area contributed by atoms with Gasteiger partial charge in [0.05, 0.1) is 0 Å². The van der Waals surface area contributed by atoms with Gasteiger partial charge >= 0.3 is 5.97 Å². The Balaban J connectivity index is 1.07. The maximum absolute atomic E-state index is 14.4. The number of ether oxygens (including phenoxy) is 1. The first-order valence-electron chi connectivity index (χ1n) is 20.2. The Bertz CT molecular complexity index is 2520. The molecule has 0 aliphatic carbocycles. The Morgan fingerprint density at radius 2 is 1.37 bits per heavy atom. The number of amides is 2. The Morgan fingerprint density at radius 1 is 0.841 bits per heavy atom. The van der Waals surface area contributed by atoms with Gasteiger partial charge in [0, 0.05) is 25.2 Å². The first kappa shape index (κ1) is 42.5. The minimum Gasteiger partial charge on any atom is -0.448 e. The number of hydrogen-bond acceptors (Lipinski definition) is 11. The molecule has 8 rings (SSSR count). The van der Waals surface area contributed by atoms with Gasteiger partial charge in [-0.15, -0.1) is 23.1 Å². The van der Waals surface area contributed by atoms with Gasteiger partial charge in [-0.1, -0.05) is 163 Å². The predicted molar refractivity (Wildman–Crippen MR) is 248 cm³/mol. The van der Waals surface area contributed by atoms with Gasteiger partial charge in [0.25, 0.3) is 11.8 Å². The summed E-state index contributed by atoms with van der Waals surface area (Å²) in [6.45, 7) is 3.60.